The molecule has 270 valence electrons. The second-order valence-corrected chi connectivity index (χ2v) is 15.2. The highest BCUT2D eigenvalue weighted by Crippen LogP contribution is 2.44. The number of hydrogen-bond acceptors (Lipinski definition) is 1. The molecule has 12 aromatic rings. The normalized spacial score (nSPS) is 11.8. The minimum atomic E-state index is 0.901. The molecule has 2 nitrogen and oxygen atoms in total. The van der Waals surface area contributed by atoms with Crippen LogP contribution in [0, 0.1) is 0 Å². The van der Waals surface area contributed by atoms with Gasteiger partial charge in [-0.2, -0.15) is 0 Å². The molecular formula is C56H35NO. The van der Waals surface area contributed by atoms with Gasteiger partial charge in [-0.1, -0.05) is 158 Å². The van der Waals surface area contributed by atoms with Gasteiger partial charge in [0.15, 0.2) is 0 Å². The highest BCUT2D eigenvalue weighted by molar-refractivity contribution is 6.21. The lowest BCUT2D eigenvalue weighted by molar-refractivity contribution is 0.669. The monoisotopic (exact) mass is 737 g/mol. The van der Waals surface area contributed by atoms with Crippen LogP contribution in [0.5, 0.6) is 0 Å². The van der Waals surface area contributed by atoms with Gasteiger partial charge in [0.2, 0.25) is 0 Å². The molecule has 12 rings (SSSR count). The van der Waals surface area contributed by atoms with E-state index in [9.17, 15) is 0 Å². The van der Waals surface area contributed by atoms with E-state index in [4.69, 9.17) is 4.42 Å². The van der Waals surface area contributed by atoms with Crippen molar-refractivity contribution in [3.63, 3.8) is 0 Å². The fourth-order valence-corrected chi connectivity index (χ4v) is 9.33. The number of aromatic nitrogens is 1. The van der Waals surface area contributed by atoms with Gasteiger partial charge in [-0.15, -0.1) is 0 Å². The molecule has 0 saturated heterocycles. The van der Waals surface area contributed by atoms with E-state index in [1.165, 1.54) is 87.9 Å². The summed E-state index contributed by atoms with van der Waals surface area (Å²) in [7, 11) is 0. The Balaban J connectivity index is 0.977. The summed E-state index contributed by atoms with van der Waals surface area (Å²) < 4.78 is 8.72. The molecule has 2 heterocycles. The summed E-state index contributed by atoms with van der Waals surface area (Å²) in [5.74, 6) is 0. The minimum Gasteiger partial charge on any atom is -0.456 e. The number of benzene rings is 10. The average Bonchev–Trinajstić information content (AvgIpc) is 3.83. The summed E-state index contributed by atoms with van der Waals surface area (Å²) in [4.78, 5) is 0. The van der Waals surface area contributed by atoms with Crippen LogP contribution in [0.2, 0.25) is 0 Å². The van der Waals surface area contributed by atoms with E-state index in [1.807, 2.05) is 0 Å². The highest BCUT2D eigenvalue weighted by atomic mass is 16.3. The lowest BCUT2D eigenvalue weighted by atomic mass is 9.86. The average molecular weight is 738 g/mol. The Kier molecular flexibility index (Phi) is 7.26. The molecule has 0 amide bonds. The maximum absolute atomic E-state index is 6.31. The van der Waals surface area contributed by atoms with E-state index in [0.29, 0.717) is 0 Å². The van der Waals surface area contributed by atoms with Crippen LogP contribution in [0.4, 0.5) is 0 Å². The molecule has 0 fully saturated rings. The van der Waals surface area contributed by atoms with Crippen LogP contribution in [0.3, 0.4) is 0 Å². The summed E-state index contributed by atoms with van der Waals surface area (Å²) in [6.07, 6.45) is 0. The molecule has 0 spiro atoms. The molecule has 0 aliphatic rings. The fourth-order valence-electron chi connectivity index (χ4n) is 9.33. The summed E-state index contributed by atoms with van der Waals surface area (Å²) in [5.41, 5.74) is 15.0. The zero-order chi connectivity index (χ0) is 38.2. The molecule has 0 aliphatic heterocycles. The molecule has 0 radical (unpaired) electrons. The number of para-hydroxylation sites is 1. The molecule has 0 bridgehead atoms. The van der Waals surface area contributed by atoms with E-state index in [-0.39, 0.29) is 0 Å². The molecule has 0 unspecified atom stereocenters. The van der Waals surface area contributed by atoms with Gasteiger partial charge in [-0.3, -0.25) is 0 Å². The molecule has 0 aliphatic carbocycles. The van der Waals surface area contributed by atoms with Crippen molar-refractivity contribution in [3.8, 4) is 50.2 Å². The summed E-state index contributed by atoms with van der Waals surface area (Å²) in [6, 6.07) is 77.0. The third-order valence-electron chi connectivity index (χ3n) is 12.0. The van der Waals surface area contributed by atoms with Gasteiger partial charge in [-0.05, 0) is 121 Å². The van der Waals surface area contributed by atoms with Crippen LogP contribution in [-0.2, 0) is 0 Å². The van der Waals surface area contributed by atoms with Gasteiger partial charge in [0.25, 0.3) is 0 Å². The Morgan fingerprint density at radius 3 is 1.22 bits per heavy atom. The summed E-state index contributed by atoms with van der Waals surface area (Å²) >= 11 is 0. The van der Waals surface area contributed by atoms with Gasteiger partial charge in [-0.25, -0.2) is 0 Å². The molecule has 0 saturated carbocycles. The Morgan fingerprint density at radius 1 is 0.259 bits per heavy atom. The van der Waals surface area contributed by atoms with E-state index in [2.05, 4.69) is 217 Å². The number of fused-ring (bicyclic) bond motifs is 8. The van der Waals surface area contributed by atoms with Crippen molar-refractivity contribution in [2.75, 3.05) is 0 Å². The quantitative estimate of drug-likeness (QED) is 0.161. The first kappa shape index (κ1) is 32.6. The molecule has 10 aromatic carbocycles. The Hall–Kier alpha value is -7.68. The van der Waals surface area contributed by atoms with Crippen LogP contribution in [0.25, 0.3) is 115 Å². The standard InChI is InChI=1S/C56H35NO/c1-3-13-36(14-4-1)39-26-31-53-49(34-39)50-35-41(27-32-54(50)58-53)40-25-30-52-48(33-40)43-17-11-12-22-51(43)57(52)42-28-23-38(24-29-42)56-46-20-9-7-18-44(46)55(37-15-5-2-6-16-37)45-19-8-10-21-47(45)56/h1-35H. The predicted molar refractivity (Wildman–Crippen MR) is 245 cm³/mol. The van der Waals surface area contributed by atoms with E-state index >= 15 is 0 Å². The number of nitrogens with zero attached hydrogens (tertiary/aromatic N) is 1. The first-order valence-corrected chi connectivity index (χ1v) is 19.9. The van der Waals surface area contributed by atoms with Crippen LogP contribution < -0.4 is 0 Å². The van der Waals surface area contributed by atoms with Crippen LogP contribution in [0.1, 0.15) is 0 Å². The van der Waals surface area contributed by atoms with Crippen molar-refractivity contribution in [2.45, 2.75) is 0 Å². The van der Waals surface area contributed by atoms with Gasteiger partial charge in [0.05, 0.1) is 11.0 Å². The topological polar surface area (TPSA) is 18.1 Å². The maximum Gasteiger partial charge on any atom is 0.135 e. The largest absolute Gasteiger partial charge is 0.456 e. The lowest BCUT2D eigenvalue weighted by Crippen LogP contribution is -1.94. The molecule has 2 heteroatoms. The first-order valence-electron chi connectivity index (χ1n) is 19.9. The molecule has 0 N–H and O–H groups in total. The first-order chi connectivity index (χ1) is 28.8. The van der Waals surface area contributed by atoms with Crippen molar-refractivity contribution in [1.29, 1.82) is 0 Å². The SMILES string of the molecule is c1ccc(-c2ccc3oc4ccc(-c5ccc6c(c5)c5ccccc5n6-c5ccc(-c6c7ccccc7c(-c7ccccc7)c7ccccc67)cc5)cc4c3c2)cc1. The van der Waals surface area contributed by atoms with Gasteiger partial charge < -0.3 is 8.98 Å². The highest BCUT2D eigenvalue weighted by Gasteiger charge is 2.18. The summed E-state index contributed by atoms with van der Waals surface area (Å²) in [6.45, 7) is 0. The minimum absolute atomic E-state index is 0.901. The third kappa shape index (κ3) is 5.05. The second kappa shape index (κ2) is 12.9. The zero-order valence-corrected chi connectivity index (χ0v) is 31.6. The second-order valence-electron chi connectivity index (χ2n) is 15.2. The predicted octanol–water partition coefficient (Wildman–Crippen LogP) is 15.7. The van der Waals surface area contributed by atoms with Crippen molar-refractivity contribution in [1.82, 2.24) is 4.57 Å². The fraction of sp³-hybridized carbons (Fsp3) is 0. The lowest BCUT2D eigenvalue weighted by Gasteiger charge is -2.18. The van der Waals surface area contributed by atoms with Crippen molar-refractivity contribution < 1.29 is 4.42 Å². The molecular weight excluding hydrogens is 703 g/mol. The maximum atomic E-state index is 6.31. The Morgan fingerprint density at radius 2 is 0.655 bits per heavy atom. The van der Waals surface area contributed by atoms with Crippen molar-refractivity contribution in [3.05, 3.63) is 212 Å². The third-order valence-corrected chi connectivity index (χ3v) is 12.0. The van der Waals surface area contributed by atoms with Gasteiger partial charge in [0.1, 0.15) is 11.2 Å². The molecule has 58 heavy (non-hydrogen) atoms. The smallest absolute Gasteiger partial charge is 0.135 e. The van der Waals surface area contributed by atoms with Crippen LogP contribution in [-0.4, -0.2) is 4.57 Å². The Labute approximate surface area is 335 Å². The number of furan rings is 1. The van der Waals surface area contributed by atoms with E-state index in [0.717, 1.165) is 27.6 Å². The van der Waals surface area contributed by atoms with Crippen molar-refractivity contribution in [2.24, 2.45) is 0 Å². The Bertz CT molecular complexity index is 3480. The molecule has 2 aromatic heterocycles. The zero-order valence-electron chi connectivity index (χ0n) is 31.6. The van der Waals surface area contributed by atoms with E-state index in [1.54, 1.807) is 0 Å². The summed E-state index contributed by atoms with van der Waals surface area (Å²) in [5, 5.41) is 9.78. The van der Waals surface area contributed by atoms with Crippen molar-refractivity contribution >= 4 is 65.3 Å². The van der Waals surface area contributed by atoms with Gasteiger partial charge in [0, 0.05) is 27.2 Å². The van der Waals surface area contributed by atoms with Crippen LogP contribution >= 0.6 is 0 Å². The van der Waals surface area contributed by atoms with Gasteiger partial charge >= 0.3 is 0 Å². The molecule has 0 atom stereocenters. The number of rotatable bonds is 5. The van der Waals surface area contributed by atoms with E-state index < -0.39 is 0 Å². The van der Waals surface area contributed by atoms with Crippen LogP contribution in [0.15, 0.2) is 217 Å². The number of hydrogen-bond donors (Lipinski definition) is 0.